The topological polar surface area (TPSA) is 38.8 Å². The summed E-state index contributed by atoms with van der Waals surface area (Å²) in [6.07, 6.45) is 8.72. The molecule has 0 fully saturated rings. The second-order valence-corrected chi connectivity index (χ2v) is 6.28. The molecule has 0 bridgehead atoms. The van der Waals surface area contributed by atoms with Crippen molar-refractivity contribution in [2.45, 2.75) is 13.3 Å². The second kappa shape index (κ2) is 6.63. The maximum absolute atomic E-state index is 12.3. The van der Waals surface area contributed by atoms with Crippen LogP contribution < -0.4 is 0 Å². The number of carbonyl (C=O) groups is 1. The molecule has 128 valence electrons. The molecule has 0 amide bonds. The second-order valence-electron chi connectivity index (χ2n) is 6.28. The molecule has 0 saturated carbocycles. The van der Waals surface area contributed by atoms with Gasteiger partial charge < -0.3 is 14.4 Å². The van der Waals surface area contributed by atoms with Crippen LogP contribution in [0.15, 0.2) is 65.5 Å². The minimum Gasteiger partial charge on any atom is -0.497 e. The first-order chi connectivity index (χ1) is 12.3. The molecule has 4 heteroatoms. The van der Waals surface area contributed by atoms with Crippen molar-refractivity contribution in [2.75, 3.05) is 26.3 Å². The molecule has 0 aliphatic carbocycles. The summed E-state index contributed by atoms with van der Waals surface area (Å²) in [6, 6.07) is 8.52. The minimum atomic E-state index is -0.227. The van der Waals surface area contributed by atoms with E-state index in [0.717, 1.165) is 24.1 Å². The number of benzene rings is 1. The van der Waals surface area contributed by atoms with E-state index >= 15 is 0 Å². The van der Waals surface area contributed by atoms with E-state index in [4.69, 9.17) is 9.47 Å². The molecule has 0 N–H and O–H groups in total. The molecule has 1 aromatic carbocycles. The van der Waals surface area contributed by atoms with Crippen molar-refractivity contribution in [1.29, 1.82) is 0 Å². The Hall–Kier alpha value is -2.75. The molecule has 0 saturated heterocycles. The van der Waals surface area contributed by atoms with Crippen molar-refractivity contribution in [3.8, 4) is 0 Å². The van der Waals surface area contributed by atoms with E-state index in [-0.39, 0.29) is 5.97 Å². The molecule has 3 aliphatic rings. The van der Waals surface area contributed by atoms with Gasteiger partial charge >= 0.3 is 5.97 Å². The van der Waals surface area contributed by atoms with Crippen LogP contribution >= 0.6 is 0 Å². The third-order valence-corrected chi connectivity index (χ3v) is 4.77. The molecule has 25 heavy (non-hydrogen) atoms. The molecule has 0 spiro atoms. The average molecular weight is 335 g/mol. The standard InChI is InChI=1S/C21H21NO3/c1-2-25-21(23)17-13-19(16-8-11-24-12-9-16)20-18-6-4-3-5-15(18)7-10-22(20)14-17/h3-6,8-9,11,13H,2,7,10,12,14H2,1H3. The number of esters is 1. The smallest absolute Gasteiger partial charge is 0.335 e. The van der Waals surface area contributed by atoms with Gasteiger partial charge in [-0.2, -0.15) is 0 Å². The van der Waals surface area contributed by atoms with Crippen LogP contribution in [-0.4, -0.2) is 37.2 Å². The van der Waals surface area contributed by atoms with Crippen LogP contribution in [0.2, 0.25) is 0 Å². The fraction of sp³-hybridized carbons (Fsp3) is 0.286. The third kappa shape index (κ3) is 2.88. The van der Waals surface area contributed by atoms with E-state index in [9.17, 15) is 4.79 Å². The van der Waals surface area contributed by atoms with Gasteiger partial charge in [-0.15, -0.1) is 0 Å². The lowest BCUT2D eigenvalue weighted by atomic mass is 9.87. The molecule has 1 aromatic rings. The summed E-state index contributed by atoms with van der Waals surface area (Å²) in [6.45, 7) is 4.28. The summed E-state index contributed by atoms with van der Waals surface area (Å²) in [5.41, 5.74) is 6.68. The number of hydrogen-bond donors (Lipinski definition) is 0. The first-order valence-electron chi connectivity index (χ1n) is 8.72. The van der Waals surface area contributed by atoms with Gasteiger partial charge in [-0.3, -0.25) is 0 Å². The summed E-state index contributed by atoms with van der Waals surface area (Å²) in [5, 5.41) is 0. The normalized spacial score (nSPS) is 18.7. The van der Waals surface area contributed by atoms with Gasteiger partial charge in [0.05, 0.1) is 30.7 Å². The van der Waals surface area contributed by atoms with E-state index in [0.29, 0.717) is 25.3 Å². The monoisotopic (exact) mass is 335 g/mol. The van der Waals surface area contributed by atoms with Crippen molar-refractivity contribution in [1.82, 2.24) is 4.90 Å². The van der Waals surface area contributed by atoms with Crippen LogP contribution in [-0.2, 0) is 20.7 Å². The molecular formula is C21H21NO3. The van der Waals surface area contributed by atoms with Crippen molar-refractivity contribution in [3.05, 3.63) is 76.6 Å². The highest BCUT2D eigenvalue weighted by Crippen LogP contribution is 2.38. The summed E-state index contributed by atoms with van der Waals surface area (Å²) >= 11 is 0. The van der Waals surface area contributed by atoms with Crippen LogP contribution in [0.5, 0.6) is 0 Å². The molecule has 0 unspecified atom stereocenters. The van der Waals surface area contributed by atoms with Crippen LogP contribution in [0, 0.1) is 0 Å². The van der Waals surface area contributed by atoms with E-state index in [1.54, 1.807) is 6.26 Å². The van der Waals surface area contributed by atoms with E-state index in [2.05, 4.69) is 35.2 Å². The number of nitrogens with zero attached hydrogens (tertiary/aromatic N) is 1. The Labute approximate surface area is 147 Å². The Balaban J connectivity index is 1.88. The van der Waals surface area contributed by atoms with Crippen molar-refractivity contribution in [3.63, 3.8) is 0 Å². The third-order valence-electron chi connectivity index (χ3n) is 4.77. The van der Waals surface area contributed by atoms with E-state index in [1.807, 2.05) is 19.1 Å². The summed E-state index contributed by atoms with van der Waals surface area (Å²) in [5.74, 6) is -0.227. The Morgan fingerprint density at radius 2 is 2.20 bits per heavy atom. The van der Waals surface area contributed by atoms with E-state index in [1.165, 1.54) is 16.8 Å². The zero-order valence-corrected chi connectivity index (χ0v) is 14.3. The highest BCUT2D eigenvalue weighted by Gasteiger charge is 2.30. The predicted octanol–water partition coefficient (Wildman–Crippen LogP) is 3.23. The number of ether oxygens (including phenoxy) is 2. The van der Waals surface area contributed by atoms with Crippen molar-refractivity contribution in [2.24, 2.45) is 0 Å². The maximum Gasteiger partial charge on any atom is 0.335 e. The lowest BCUT2D eigenvalue weighted by Crippen LogP contribution is -2.36. The Morgan fingerprint density at radius 3 is 3.00 bits per heavy atom. The largest absolute Gasteiger partial charge is 0.497 e. The highest BCUT2D eigenvalue weighted by molar-refractivity contribution is 5.93. The van der Waals surface area contributed by atoms with Crippen LogP contribution in [0.25, 0.3) is 5.70 Å². The zero-order chi connectivity index (χ0) is 17.2. The summed E-state index contributed by atoms with van der Waals surface area (Å²) < 4.78 is 10.6. The Bertz CT molecular complexity index is 829. The highest BCUT2D eigenvalue weighted by atomic mass is 16.5. The molecule has 4 rings (SSSR count). The molecular weight excluding hydrogens is 314 g/mol. The Morgan fingerprint density at radius 1 is 1.32 bits per heavy atom. The quantitative estimate of drug-likeness (QED) is 0.795. The summed E-state index contributed by atoms with van der Waals surface area (Å²) in [4.78, 5) is 14.6. The molecule has 0 radical (unpaired) electrons. The van der Waals surface area contributed by atoms with Crippen LogP contribution in [0.1, 0.15) is 18.1 Å². The molecule has 0 aromatic heterocycles. The maximum atomic E-state index is 12.3. The van der Waals surface area contributed by atoms with Gasteiger partial charge in [-0.05, 0) is 42.7 Å². The first-order valence-corrected chi connectivity index (χ1v) is 8.72. The Kier molecular flexibility index (Phi) is 4.18. The number of carbonyl (C=O) groups excluding carboxylic acids is 1. The lowest BCUT2D eigenvalue weighted by Gasteiger charge is -2.38. The number of hydrogen-bond acceptors (Lipinski definition) is 4. The molecule has 3 aliphatic heterocycles. The fourth-order valence-electron chi connectivity index (χ4n) is 3.62. The zero-order valence-electron chi connectivity index (χ0n) is 14.3. The van der Waals surface area contributed by atoms with Gasteiger partial charge in [0.1, 0.15) is 6.61 Å². The number of allylic oxidation sites excluding steroid dienone is 4. The fourth-order valence-corrected chi connectivity index (χ4v) is 3.62. The number of fused-ring (bicyclic) bond motifs is 3. The molecule has 3 heterocycles. The van der Waals surface area contributed by atoms with Crippen molar-refractivity contribution >= 4 is 11.7 Å². The van der Waals surface area contributed by atoms with Gasteiger partial charge in [-0.1, -0.05) is 24.3 Å². The van der Waals surface area contributed by atoms with Gasteiger partial charge in [0.25, 0.3) is 0 Å². The van der Waals surface area contributed by atoms with Gasteiger partial charge in [0.15, 0.2) is 0 Å². The minimum absolute atomic E-state index is 0.227. The van der Waals surface area contributed by atoms with Crippen LogP contribution in [0.3, 0.4) is 0 Å². The van der Waals surface area contributed by atoms with Gasteiger partial charge in [0.2, 0.25) is 0 Å². The average Bonchev–Trinajstić information content (AvgIpc) is 2.67. The number of rotatable bonds is 3. The lowest BCUT2D eigenvalue weighted by molar-refractivity contribution is -0.138. The van der Waals surface area contributed by atoms with E-state index < -0.39 is 0 Å². The first kappa shape index (κ1) is 15.8. The molecule has 0 atom stereocenters. The SMILES string of the molecule is CCOC(=O)C1=CC(C2=CCOC=C2)=C2c3ccccc3CCN2C1. The van der Waals surface area contributed by atoms with Gasteiger partial charge in [-0.25, -0.2) is 4.79 Å². The predicted molar refractivity (Wildman–Crippen MR) is 96.5 cm³/mol. The van der Waals surface area contributed by atoms with Gasteiger partial charge in [0, 0.05) is 17.7 Å². The van der Waals surface area contributed by atoms with Crippen LogP contribution in [0.4, 0.5) is 0 Å². The summed E-state index contributed by atoms with van der Waals surface area (Å²) in [7, 11) is 0. The molecule has 4 nitrogen and oxygen atoms in total. The van der Waals surface area contributed by atoms with Crippen molar-refractivity contribution < 1.29 is 14.3 Å².